The van der Waals surface area contributed by atoms with Crippen LogP contribution in [0.15, 0.2) is 16.8 Å². The smallest absolute Gasteiger partial charge is 0.258 e. The van der Waals surface area contributed by atoms with Crippen LogP contribution in [0.1, 0.15) is 27.9 Å². The summed E-state index contributed by atoms with van der Waals surface area (Å²) in [5.74, 6) is -0.0855. The van der Waals surface area contributed by atoms with E-state index < -0.39 is 0 Å². The number of aryl methyl sites for hydroxylation is 2. The van der Waals surface area contributed by atoms with Crippen molar-refractivity contribution in [2.24, 2.45) is 0 Å². The predicted octanol–water partition coefficient (Wildman–Crippen LogP) is 3.33. The molecule has 2 rings (SSSR count). The molecule has 2 aromatic heterocycles. The lowest BCUT2D eigenvalue weighted by Gasteiger charge is -1.97. The van der Waals surface area contributed by atoms with E-state index >= 15 is 0 Å². The Kier molecular flexibility index (Phi) is 3.36. The average Bonchev–Trinajstić information content (AvgIpc) is 2.87. The molecule has 0 saturated carbocycles. The number of amides is 1. The maximum atomic E-state index is 11.7. The third-order valence-corrected chi connectivity index (χ3v) is 3.84. The van der Waals surface area contributed by atoms with Crippen LogP contribution in [0.5, 0.6) is 0 Å². The predicted molar refractivity (Wildman–Crippen MR) is 68.5 cm³/mol. The molecule has 0 aliphatic carbocycles. The molecule has 0 bridgehead atoms. The number of carbonyl (C=O) groups is 1. The third kappa shape index (κ3) is 2.31. The summed E-state index contributed by atoms with van der Waals surface area (Å²) >= 11 is 3.04. The highest BCUT2D eigenvalue weighted by atomic mass is 32.1. The zero-order chi connectivity index (χ0) is 11.5. The van der Waals surface area contributed by atoms with Crippen LogP contribution in [0.2, 0.25) is 0 Å². The highest BCUT2D eigenvalue weighted by Crippen LogP contribution is 2.23. The van der Waals surface area contributed by atoms with Crippen LogP contribution in [0.3, 0.4) is 0 Å². The van der Waals surface area contributed by atoms with Gasteiger partial charge in [0.05, 0.1) is 11.3 Å². The van der Waals surface area contributed by atoms with Gasteiger partial charge in [-0.3, -0.25) is 10.1 Å². The summed E-state index contributed by atoms with van der Waals surface area (Å²) in [6.07, 6.45) is 0.899. The van der Waals surface area contributed by atoms with Gasteiger partial charge in [-0.15, -0.1) is 11.3 Å². The standard InChI is InChI=1S/C11H12N2OS2/c1-3-9-7(2)16-11(12-9)13-10(14)8-4-5-15-6-8/h4-6H,3H2,1-2H3,(H,12,13,14). The van der Waals surface area contributed by atoms with Crippen molar-refractivity contribution in [3.63, 3.8) is 0 Å². The van der Waals surface area contributed by atoms with Gasteiger partial charge in [0.1, 0.15) is 0 Å². The monoisotopic (exact) mass is 252 g/mol. The van der Waals surface area contributed by atoms with E-state index in [0.717, 1.165) is 12.1 Å². The van der Waals surface area contributed by atoms with E-state index in [-0.39, 0.29) is 5.91 Å². The molecule has 0 saturated heterocycles. The van der Waals surface area contributed by atoms with Crippen molar-refractivity contribution in [1.29, 1.82) is 0 Å². The molecule has 0 aliphatic heterocycles. The van der Waals surface area contributed by atoms with E-state index in [2.05, 4.69) is 17.2 Å². The van der Waals surface area contributed by atoms with Crippen molar-refractivity contribution < 1.29 is 4.79 Å². The fourth-order valence-corrected chi connectivity index (χ4v) is 2.91. The van der Waals surface area contributed by atoms with Crippen molar-refractivity contribution in [2.45, 2.75) is 20.3 Å². The maximum absolute atomic E-state index is 11.7. The van der Waals surface area contributed by atoms with Crippen LogP contribution in [0.25, 0.3) is 0 Å². The quantitative estimate of drug-likeness (QED) is 0.910. The van der Waals surface area contributed by atoms with Crippen LogP contribution in [0, 0.1) is 6.92 Å². The van der Waals surface area contributed by atoms with E-state index in [1.54, 1.807) is 6.07 Å². The summed E-state index contributed by atoms with van der Waals surface area (Å²) in [7, 11) is 0. The zero-order valence-corrected chi connectivity index (χ0v) is 10.7. The maximum Gasteiger partial charge on any atom is 0.258 e. The highest BCUT2D eigenvalue weighted by Gasteiger charge is 2.10. The van der Waals surface area contributed by atoms with Gasteiger partial charge in [-0.05, 0) is 24.8 Å². The summed E-state index contributed by atoms with van der Waals surface area (Å²) in [5, 5.41) is 7.22. The van der Waals surface area contributed by atoms with E-state index in [1.807, 2.05) is 17.7 Å². The fourth-order valence-electron chi connectivity index (χ4n) is 1.37. The number of nitrogens with one attached hydrogen (secondary N) is 1. The van der Waals surface area contributed by atoms with Crippen LogP contribution < -0.4 is 5.32 Å². The minimum Gasteiger partial charge on any atom is -0.298 e. The molecular formula is C11H12N2OS2. The number of thiazole rings is 1. The number of thiophene rings is 1. The molecule has 0 radical (unpaired) electrons. The van der Waals surface area contributed by atoms with Gasteiger partial charge in [0.25, 0.3) is 5.91 Å². The number of hydrogen-bond acceptors (Lipinski definition) is 4. The molecule has 2 aromatic rings. The van der Waals surface area contributed by atoms with Gasteiger partial charge in [0.15, 0.2) is 5.13 Å². The minimum atomic E-state index is -0.0855. The Balaban J connectivity index is 2.12. The molecule has 1 amide bonds. The lowest BCUT2D eigenvalue weighted by atomic mass is 10.3. The fraction of sp³-hybridized carbons (Fsp3) is 0.273. The molecule has 3 nitrogen and oxygen atoms in total. The molecular weight excluding hydrogens is 240 g/mol. The molecule has 0 aliphatic rings. The Morgan fingerprint density at radius 3 is 2.94 bits per heavy atom. The van der Waals surface area contributed by atoms with Gasteiger partial charge in [-0.25, -0.2) is 4.98 Å². The van der Waals surface area contributed by atoms with Crippen LogP contribution in [-0.4, -0.2) is 10.9 Å². The molecule has 1 N–H and O–H groups in total. The average molecular weight is 252 g/mol. The third-order valence-electron chi connectivity index (χ3n) is 2.23. The molecule has 84 valence electrons. The molecule has 2 heterocycles. The van der Waals surface area contributed by atoms with Crippen molar-refractivity contribution >= 4 is 33.7 Å². The van der Waals surface area contributed by atoms with Gasteiger partial charge in [0, 0.05) is 10.3 Å². The van der Waals surface area contributed by atoms with Crippen molar-refractivity contribution in [3.05, 3.63) is 33.0 Å². The summed E-state index contributed by atoms with van der Waals surface area (Å²) in [6, 6.07) is 1.81. The van der Waals surface area contributed by atoms with Crippen LogP contribution in [0.4, 0.5) is 5.13 Å². The topological polar surface area (TPSA) is 42.0 Å². The molecule has 16 heavy (non-hydrogen) atoms. The van der Waals surface area contributed by atoms with Gasteiger partial charge in [-0.1, -0.05) is 6.92 Å². The largest absolute Gasteiger partial charge is 0.298 e. The Bertz CT molecular complexity index is 488. The number of nitrogens with zero attached hydrogens (tertiary/aromatic N) is 1. The molecule has 0 atom stereocenters. The van der Waals surface area contributed by atoms with E-state index in [4.69, 9.17) is 0 Å². The van der Waals surface area contributed by atoms with Gasteiger partial charge >= 0.3 is 0 Å². The minimum absolute atomic E-state index is 0.0855. The number of aromatic nitrogens is 1. The Morgan fingerprint density at radius 1 is 1.56 bits per heavy atom. The molecule has 0 aromatic carbocycles. The zero-order valence-electron chi connectivity index (χ0n) is 9.11. The van der Waals surface area contributed by atoms with Crippen molar-refractivity contribution in [1.82, 2.24) is 4.98 Å². The summed E-state index contributed by atoms with van der Waals surface area (Å²) in [6.45, 7) is 4.09. The van der Waals surface area contributed by atoms with Crippen LogP contribution >= 0.6 is 22.7 Å². The van der Waals surface area contributed by atoms with Crippen molar-refractivity contribution in [3.8, 4) is 0 Å². The van der Waals surface area contributed by atoms with Gasteiger partial charge in [0.2, 0.25) is 0 Å². The first kappa shape index (κ1) is 11.3. The van der Waals surface area contributed by atoms with E-state index in [1.165, 1.54) is 27.6 Å². The molecule has 0 fully saturated rings. The Hall–Kier alpha value is -1.20. The Morgan fingerprint density at radius 2 is 2.38 bits per heavy atom. The molecule has 0 spiro atoms. The first-order valence-corrected chi connectivity index (χ1v) is 6.76. The van der Waals surface area contributed by atoms with Crippen LogP contribution in [-0.2, 0) is 6.42 Å². The lowest BCUT2D eigenvalue weighted by Crippen LogP contribution is -2.10. The number of rotatable bonds is 3. The molecule has 5 heteroatoms. The van der Waals surface area contributed by atoms with Gasteiger partial charge < -0.3 is 0 Å². The van der Waals surface area contributed by atoms with Gasteiger partial charge in [-0.2, -0.15) is 11.3 Å². The SMILES string of the molecule is CCc1nc(NC(=O)c2ccsc2)sc1C. The summed E-state index contributed by atoms with van der Waals surface area (Å²) < 4.78 is 0. The Labute approximate surface area is 102 Å². The second-order valence-electron chi connectivity index (χ2n) is 3.34. The number of hydrogen-bond donors (Lipinski definition) is 1. The normalized spacial score (nSPS) is 10.4. The van der Waals surface area contributed by atoms with E-state index in [0.29, 0.717) is 10.7 Å². The summed E-state index contributed by atoms with van der Waals surface area (Å²) in [4.78, 5) is 17.3. The highest BCUT2D eigenvalue weighted by molar-refractivity contribution is 7.15. The number of carbonyl (C=O) groups excluding carboxylic acids is 1. The van der Waals surface area contributed by atoms with Crippen molar-refractivity contribution in [2.75, 3.05) is 5.32 Å². The number of anilines is 1. The summed E-state index contributed by atoms with van der Waals surface area (Å²) in [5.41, 5.74) is 1.75. The second kappa shape index (κ2) is 4.76. The lowest BCUT2D eigenvalue weighted by molar-refractivity contribution is 0.102. The first-order chi connectivity index (χ1) is 7.70. The molecule has 0 unspecified atom stereocenters. The second-order valence-corrected chi connectivity index (χ2v) is 5.32. The van der Waals surface area contributed by atoms with E-state index in [9.17, 15) is 4.79 Å². The first-order valence-electron chi connectivity index (χ1n) is 5.00.